The number of aromatic nitrogens is 4. The van der Waals surface area contributed by atoms with Crippen molar-refractivity contribution in [2.45, 2.75) is 162 Å². The fourth-order valence-corrected chi connectivity index (χ4v) is 13.8. The molecule has 13 unspecified atom stereocenters. The zero-order chi connectivity index (χ0) is 60.2. The van der Waals surface area contributed by atoms with E-state index in [0.717, 1.165) is 0 Å². The number of hydrogen-bond acceptors (Lipinski definition) is 17. The van der Waals surface area contributed by atoms with Crippen molar-refractivity contribution in [3.8, 4) is 0 Å². The molecule has 82 heavy (non-hydrogen) atoms. The Bertz CT molecular complexity index is 3150. The number of carbonyl (C=O) groups excluding carboxylic acids is 6. The van der Waals surface area contributed by atoms with Crippen LogP contribution in [0.25, 0.3) is 16.5 Å². The van der Waals surface area contributed by atoms with Gasteiger partial charge >= 0.3 is 22.7 Å². The monoisotopic (exact) mass is 1180 g/mol. The van der Waals surface area contributed by atoms with Crippen LogP contribution < -0.4 is 40.1 Å². The van der Waals surface area contributed by atoms with Gasteiger partial charge in [0.15, 0.2) is 17.7 Å². The van der Waals surface area contributed by atoms with Gasteiger partial charge in [-0.3, -0.25) is 53.1 Å². The number of nitrogens with two attached hydrogens (primary N) is 7. The van der Waals surface area contributed by atoms with Crippen molar-refractivity contribution < 1.29 is 70.4 Å². The first kappa shape index (κ1) is 64.2. The number of aliphatic hydroxyl groups is 2. The van der Waals surface area contributed by atoms with Gasteiger partial charge in [0.2, 0.25) is 35.4 Å². The second kappa shape index (κ2) is 23.7. The van der Waals surface area contributed by atoms with Crippen LogP contribution in [0.3, 0.4) is 0 Å². The molecule has 6 aliphatic heterocycles. The Kier molecular flexibility index (Phi) is 18.6. The number of amides is 6. The zero-order valence-electron chi connectivity index (χ0n) is 47.5. The Labute approximate surface area is 485 Å². The maximum atomic E-state index is 13.4. The Morgan fingerprint density at radius 1 is 0.720 bits per heavy atom. The standard InChI is InChI=1S/C45H66N10O8.C10H12N5O3.Co/c1-21-36-24(10-13-30(47)57)41(3,4)28(53-36)18-27-23(9-12-29(46)56)43(6,19-33(50)60)39(52-27)22(2)37-25(11-14-31(48)58)44(7,20-34(51)61)45(8,55-37)40-26(17-32(49)59)42(5,38(21)54-40)16-15-35(62)63;1-4-6(16)7(17)10(18-4)15-3-14-5-8(11)12-2-13-9(5)15;/h18,23-26,40H,9-17,19-20H2,1-8H3,(H14,46,47,48,49,50,51,52,53,54,55,56,57,58,59,60,61,62,63);2-4,6-7,10,16-17H,1H2,(H2,11,12,13);/q;-1;+3/p-1. The van der Waals surface area contributed by atoms with E-state index in [-0.39, 0.29) is 93.2 Å². The molecule has 0 aromatic carbocycles. The van der Waals surface area contributed by atoms with Gasteiger partial charge < -0.3 is 72.4 Å². The number of aliphatic imine (C=N–C) groups is 3. The first-order valence-corrected chi connectivity index (χ1v) is 27.0. The van der Waals surface area contributed by atoms with E-state index in [1.807, 2.05) is 54.5 Å². The van der Waals surface area contributed by atoms with Crippen LogP contribution in [-0.2, 0) is 55.1 Å². The molecule has 6 aliphatic rings. The molecule has 27 heteroatoms. The fraction of sp³-hybridized carbons (Fsp3) is 0.600. The molecule has 0 saturated carbocycles. The summed E-state index contributed by atoms with van der Waals surface area (Å²) in [7, 11) is 0. The summed E-state index contributed by atoms with van der Waals surface area (Å²) in [6.45, 7) is 18.6. The van der Waals surface area contributed by atoms with Crippen LogP contribution >= 0.6 is 0 Å². The molecule has 2 fully saturated rings. The van der Waals surface area contributed by atoms with E-state index < -0.39 is 123 Å². The maximum Gasteiger partial charge on any atom is 3.00 e. The van der Waals surface area contributed by atoms with E-state index in [1.165, 1.54) is 17.2 Å². The molecule has 2 aromatic heterocycles. The number of fused-ring (bicyclic) bond motifs is 7. The van der Waals surface area contributed by atoms with Crippen molar-refractivity contribution >= 4 is 75.5 Å². The van der Waals surface area contributed by atoms with Gasteiger partial charge in [0.05, 0.1) is 23.7 Å². The third-order valence-corrected chi connectivity index (χ3v) is 18.4. The van der Waals surface area contributed by atoms with Crippen molar-refractivity contribution in [3.05, 3.63) is 59.2 Å². The molecule has 6 amide bonds. The summed E-state index contributed by atoms with van der Waals surface area (Å²) in [4.78, 5) is 118. The van der Waals surface area contributed by atoms with Gasteiger partial charge in [-0.25, -0.2) is 15.0 Å². The number of carboxylic acid groups (broad SMARTS) is 1. The van der Waals surface area contributed by atoms with E-state index in [0.29, 0.717) is 56.5 Å². The molecule has 0 spiro atoms. The minimum Gasteiger partial charge on any atom is -0.682 e. The smallest absolute Gasteiger partial charge is 0.682 e. The Hall–Kier alpha value is -6.94. The quantitative estimate of drug-likeness (QED) is 0.0899. The maximum absolute atomic E-state index is 13.4. The SMILES string of the molecule is CC1=C2N=C(C=C3N=C(C(C)=C4[N-]C(C(CC(N)=O)C4(C)CCC(=O)O)C4(C)N=C1C(CCC(N)=O)C4(C)CC(N)=O)C(CCC(N)=O)C3(C)C)C(CCC(N)=O)C2(C)CC(N)=O.[CH2-]C1OC(n2cnc3c(N)ncnc32)C(O)C1O.[Co+3]. The van der Waals surface area contributed by atoms with E-state index in [9.17, 15) is 48.9 Å². The van der Waals surface area contributed by atoms with Gasteiger partial charge in [-0.15, -0.1) is 0 Å². The molecule has 2 saturated heterocycles. The van der Waals surface area contributed by atoms with Crippen LogP contribution in [0.15, 0.2) is 61.9 Å². The van der Waals surface area contributed by atoms with Gasteiger partial charge in [0, 0.05) is 102 Å². The molecule has 17 N–H and O–H groups in total. The number of allylic oxidation sites excluding steroid dienone is 6. The number of nitrogens with zero attached hydrogens (tertiary/aromatic N) is 8. The largest absolute Gasteiger partial charge is 3.00 e. The summed E-state index contributed by atoms with van der Waals surface area (Å²) >= 11 is 0. The van der Waals surface area contributed by atoms with Gasteiger partial charge in [0.1, 0.15) is 17.9 Å². The topological polar surface area (TPSA) is 466 Å². The number of aliphatic hydroxyl groups excluding tert-OH is 2. The summed E-state index contributed by atoms with van der Waals surface area (Å²) in [6, 6.07) is -0.938. The van der Waals surface area contributed by atoms with Crippen molar-refractivity contribution in [2.24, 2.45) is 94.7 Å². The minimum atomic E-state index is -1.41. The molecule has 8 rings (SSSR count). The number of nitrogen functional groups attached to an aromatic ring is 1. The number of hydrogen-bond donors (Lipinski definition) is 10. The second-order valence-corrected chi connectivity index (χ2v) is 24.0. The first-order valence-electron chi connectivity index (χ1n) is 27.0. The molecule has 26 nitrogen and oxygen atoms in total. The van der Waals surface area contributed by atoms with Crippen LogP contribution in [0.2, 0.25) is 0 Å². The van der Waals surface area contributed by atoms with Crippen molar-refractivity contribution in [2.75, 3.05) is 5.73 Å². The van der Waals surface area contributed by atoms with Crippen LogP contribution in [0, 0.1) is 52.3 Å². The Morgan fingerprint density at radius 2 is 1.30 bits per heavy atom. The van der Waals surface area contributed by atoms with Crippen LogP contribution in [0.1, 0.15) is 132 Å². The number of imidazole rings is 1. The van der Waals surface area contributed by atoms with Gasteiger partial charge in [-0.1, -0.05) is 40.7 Å². The molecule has 13 atom stereocenters. The average molecular weight is 1180 g/mol. The van der Waals surface area contributed by atoms with E-state index in [4.69, 9.17) is 65.2 Å². The van der Waals surface area contributed by atoms with E-state index in [1.54, 1.807) is 6.92 Å². The number of ether oxygens (including phenoxy) is 1. The van der Waals surface area contributed by atoms with Gasteiger partial charge in [-0.05, 0) is 81.1 Å². The molecular formula is C55H77CoN15O11+. The number of carboxylic acids is 1. The van der Waals surface area contributed by atoms with Crippen molar-refractivity contribution in [1.29, 1.82) is 0 Å². The third-order valence-electron chi connectivity index (χ3n) is 18.4. The zero-order valence-corrected chi connectivity index (χ0v) is 48.5. The molecule has 2 aromatic rings. The first-order chi connectivity index (χ1) is 37.6. The van der Waals surface area contributed by atoms with Crippen molar-refractivity contribution in [3.63, 3.8) is 0 Å². The van der Waals surface area contributed by atoms with Crippen molar-refractivity contribution in [1.82, 2.24) is 19.5 Å². The Morgan fingerprint density at radius 3 is 1.84 bits per heavy atom. The Balaban J connectivity index is 0.000000477. The summed E-state index contributed by atoms with van der Waals surface area (Å²) in [6.07, 6.45) is 0.469. The molecular weight excluding hydrogens is 1110 g/mol. The minimum absolute atomic E-state index is 0. The van der Waals surface area contributed by atoms with Crippen LogP contribution in [0.5, 0.6) is 0 Å². The molecule has 8 heterocycles. The molecule has 0 radical (unpaired) electrons. The van der Waals surface area contributed by atoms with Gasteiger partial charge in [0.25, 0.3) is 0 Å². The predicted octanol–water partition coefficient (Wildman–Crippen LogP) is 1.97. The summed E-state index contributed by atoms with van der Waals surface area (Å²) in [5.74, 6) is -6.98. The summed E-state index contributed by atoms with van der Waals surface area (Å²) in [5, 5.41) is 35.1. The summed E-state index contributed by atoms with van der Waals surface area (Å²) < 4.78 is 6.90. The number of aliphatic carboxylic acids is 1. The molecule has 0 aliphatic carbocycles. The normalized spacial score (nSPS) is 32.5. The number of carbonyl (C=O) groups is 7. The van der Waals surface area contributed by atoms with Crippen LogP contribution in [0.4, 0.5) is 5.82 Å². The molecule has 8 bridgehead atoms. The fourth-order valence-electron chi connectivity index (χ4n) is 13.8. The molecule has 446 valence electrons. The van der Waals surface area contributed by atoms with E-state index >= 15 is 0 Å². The predicted molar refractivity (Wildman–Crippen MR) is 298 cm³/mol. The van der Waals surface area contributed by atoms with Crippen LogP contribution in [-0.4, -0.2) is 123 Å². The second-order valence-electron chi connectivity index (χ2n) is 24.0. The average Bonchev–Trinajstić information content (AvgIpc) is 2.56. The van der Waals surface area contributed by atoms with Gasteiger partial charge in [-0.2, -0.15) is 5.70 Å². The number of anilines is 1. The van der Waals surface area contributed by atoms with E-state index in [2.05, 4.69) is 21.9 Å². The number of rotatable bonds is 19. The third kappa shape index (κ3) is 11.6. The number of primary amides is 6. The summed E-state index contributed by atoms with van der Waals surface area (Å²) in [5.41, 5.74) is 40.4.